The summed E-state index contributed by atoms with van der Waals surface area (Å²) in [6.45, 7) is 2.84. The molecule has 1 aliphatic carbocycles. The first kappa shape index (κ1) is 16.2. The predicted octanol–water partition coefficient (Wildman–Crippen LogP) is 2.10. The summed E-state index contributed by atoms with van der Waals surface area (Å²) in [5.41, 5.74) is 2.21. The lowest BCUT2D eigenvalue weighted by molar-refractivity contribution is -0.137. The normalized spacial score (nSPS) is 14.7. The summed E-state index contributed by atoms with van der Waals surface area (Å²) in [4.78, 5) is 28.9. The Bertz CT molecular complexity index is 739. The molecule has 5 nitrogen and oxygen atoms in total. The number of carbonyl (C=O) groups is 2. The van der Waals surface area contributed by atoms with E-state index in [2.05, 4.69) is 15.6 Å². The number of amides is 2. The zero-order chi connectivity index (χ0) is 17.0. The molecule has 2 aromatic rings. The molecule has 124 valence electrons. The van der Waals surface area contributed by atoms with Gasteiger partial charge in [0.15, 0.2) is 0 Å². The Labute approximate surface area is 141 Å². The van der Waals surface area contributed by atoms with Crippen molar-refractivity contribution < 1.29 is 9.59 Å². The van der Waals surface area contributed by atoms with Crippen LogP contribution in [0.5, 0.6) is 0 Å². The van der Waals surface area contributed by atoms with Crippen LogP contribution >= 0.6 is 0 Å². The predicted molar refractivity (Wildman–Crippen MR) is 90.8 cm³/mol. The highest BCUT2D eigenvalue weighted by Crippen LogP contribution is 2.46. The fourth-order valence-electron chi connectivity index (χ4n) is 2.71. The zero-order valence-corrected chi connectivity index (χ0v) is 13.7. The van der Waals surface area contributed by atoms with Crippen LogP contribution in [-0.2, 0) is 22.7 Å². The Morgan fingerprint density at radius 3 is 2.29 bits per heavy atom. The van der Waals surface area contributed by atoms with Crippen LogP contribution in [0.2, 0.25) is 0 Å². The van der Waals surface area contributed by atoms with Crippen molar-refractivity contribution in [3.8, 4) is 0 Å². The van der Waals surface area contributed by atoms with Gasteiger partial charge < -0.3 is 10.6 Å². The van der Waals surface area contributed by atoms with Gasteiger partial charge in [-0.15, -0.1) is 0 Å². The van der Waals surface area contributed by atoms with Crippen LogP contribution in [0, 0.1) is 12.3 Å². The molecular weight excluding hydrogens is 302 g/mol. The van der Waals surface area contributed by atoms with Crippen LogP contribution in [0.15, 0.2) is 48.8 Å². The van der Waals surface area contributed by atoms with Crippen molar-refractivity contribution in [2.45, 2.75) is 32.9 Å². The topological polar surface area (TPSA) is 71.1 Å². The molecule has 3 rings (SSSR count). The van der Waals surface area contributed by atoms with Gasteiger partial charge in [0.05, 0.1) is 0 Å². The van der Waals surface area contributed by atoms with Gasteiger partial charge in [-0.25, -0.2) is 0 Å². The summed E-state index contributed by atoms with van der Waals surface area (Å²) in [5, 5.41) is 5.75. The molecule has 1 aromatic carbocycles. The summed E-state index contributed by atoms with van der Waals surface area (Å²) in [6.07, 6.45) is 4.60. The second-order valence-corrected chi connectivity index (χ2v) is 6.30. The van der Waals surface area contributed by atoms with Gasteiger partial charge in [0.25, 0.3) is 0 Å². The van der Waals surface area contributed by atoms with Gasteiger partial charge in [-0.3, -0.25) is 14.6 Å². The standard InChI is InChI=1S/C19H21N3O2/c1-14-4-2-5-15(10-14)12-21-17(23)19(7-8-19)18(24)22-13-16-6-3-9-20-11-16/h2-6,9-11H,7-8,12-13H2,1H3,(H,21,23)(H,22,24). The first-order chi connectivity index (χ1) is 11.6. The van der Waals surface area contributed by atoms with Crippen molar-refractivity contribution in [2.75, 3.05) is 0 Å². The minimum atomic E-state index is -0.897. The van der Waals surface area contributed by atoms with E-state index in [1.807, 2.05) is 43.3 Å². The molecule has 1 aromatic heterocycles. The molecule has 0 spiro atoms. The van der Waals surface area contributed by atoms with Crippen molar-refractivity contribution in [3.05, 3.63) is 65.5 Å². The number of benzene rings is 1. The van der Waals surface area contributed by atoms with Gasteiger partial charge in [0.2, 0.25) is 11.8 Å². The van der Waals surface area contributed by atoms with E-state index in [1.54, 1.807) is 12.4 Å². The van der Waals surface area contributed by atoms with Crippen LogP contribution in [0.3, 0.4) is 0 Å². The number of aromatic nitrogens is 1. The highest BCUT2D eigenvalue weighted by atomic mass is 16.2. The minimum Gasteiger partial charge on any atom is -0.351 e. The third kappa shape index (κ3) is 3.62. The number of nitrogens with one attached hydrogen (secondary N) is 2. The van der Waals surface area contributed by atoms with Crippen molar-refractivity contribution in [2.24, 2.45) is 5.41 Å². The highest BCUT2D eigenvalue weighted by molar-refractivity contribution is 6.07. The monoisotopic (exact) mass is 323 g/mol. The largest absolute Gasteiger partial charge is 0.351 e. The van der Waals surface area contributed by atoms with Crippen molar-refractivity contribution in [1.82, 2.24) is 15.6 Å². The maximum atomic E-state index is 12.5. The van der Waals surface area contributed by atoms with Gasteiger partial charge in [-0.1, -0.05) is 35.9 Å². The van der Waals surface area contributed by atoms with Crippen LogP contribution in [0.25, 0.3) is 0 Å². The van der Waals surface area contributed by atoms with Crippen molar-refractivity contribution >= 4 is 11.8 Å². The molecule has 1 aliphatic rings. The highest BCUT2D eigenvalue weighted by Gasteiger charge is 2.56. The third-order valence-corrected chi connectivity index (χ3v) is 4.33. The van der Waals surface area contributed by atoms with E-state index in [9.17, 15) is 9.59 Å². The fourth-order valence-corrected chi connectivity index (χ4v) is 2.71. The lowest BCUT2D eigenvalue weighted by Gasteiger charge is -2.15. The SMILES string of the molecule is Cc1cccc(CNC(=O)C2(C(=O)NCc3cccnc3)CC2)c1. The van der Waals surface area contributed by atoms with E-state index in [0.717, 1.165) is 16.7 Å². The zero-order valence-electron chi connectivity index (χ0n) is 13.7. The van der Waals surface area contributed by atoms with E-state index in [-0.39, 0.29) is 11.8 Å². The first-order valence-electron chi connectivity index (χ1n) is 8.11. The Kier molecular flexibility index (Phi) is 4.60. The van der Waals surface area contributed by atoms with Gasteiger partial charge in [-0.05, 0) is 37.0 Å². The number of aryl methyl sites for hydroxylation is 1. The molecule has 24 heavy (non-hydrogen) atoms. The second kappa shape index (κ2) is 6.83. The Morgan fingerprint density at radius 2 is 1.71 bits per heavy atom. The van der Waals surface area contributed by atoms with E-state index in [0.29, 0.717) is 25.9 Å². The van der Waals surface area contributed by atoms with E-state index >= 15 is 0 Å². The van der Waals surface area contributed by atoms with E-state index in [1.165, 1.54) is 0 Å². The molecule has 0 aliphatic heterocycles. The number of pyridine rings is 1. The summed E-state index contributed by atoms with van der Waals surface area (Å²) in [5.74, 6) is -0.388. The molecular formula is C19H21N3O2. The number of rotatable bonds is 6. The van der Waals surface area contributed by atoms with Gasteiger partial charge in [-0.2, -0.15) is 0 Å². The van der Waals surface area contributed by atoms with Crippen molar-refractivity contribution in [1.29, 1.82) is 0 Å². The summed E-state index contributed by atoms with van der Waals surface area (Å²) < 4.78 is 0. The third-order valence-electron chi connectivity index (χ3n) is 4.33. The molecule has 1 fully saturated rings. The summed E-state index contributed by atoms with van der Waals surface area (Å²) in [7, 11) is 0. The average molecular weight is 323 g/mol. The van der Waals surface area contributed by atoms with Crippen molar-refractivity contribution in [3.63, 3.8) is 0 Å². The summed E-state index contributed by atoms with van der Waals surface area (Å²) in [6, 6.07) is 11.7. The molecule has 5 heteroatoms. The average Bonchev–Trinajstić information content (AvgIpc) is 3.40. The number of nitrogens with zero attached hydrogens (tertiary/aromatic N) is 1. The molecule has 0 atom stereocenters. The lowest BCUT2D eigenvalue weighted by atomic mass is 10.0. The van der Waals surface area contributed by atoms with E-state index in [4.69, 9.17) is 0 Å². The lowest BCUT2D eigenvalue weighted by Crippen LogP contribution is -2.42. The molecule has 0 bridgehead atoms. The van der Waals surface area contributed by atoms with Crippen LogP contribution in [-0.4, -0.2) is 16.8 Å². The van der Waals surface area contributed by atoms with Crippen LogP contribution in [0.4, 0.5) is 0 Å². The maximum Gasteiger partial charge on any atom is 0.235 e. The Hall–Kier alpha value is -2.69. The molecule has 2 N–H and O–H groups in total. The summed E-state index contributed by atoms with van der Waals surface area (Å²) >= 11 is 0. The number of carbonyl (C=O) groups excluding carboxylic acids is 2. The second-order valence-electron chi connectivity index (χ2n) is 6.30. The number of hydrogen-bond acceptors (Lipinski definition) is 3. The molecule has 2 amide bonds. The molecule has 0 saturated heterocycles. The molecule has 0 radical (unpaired) electrons. The minimum absolute atomic E-state index is 0.187. The Morgan fingerprint density at radius 1 is 1.04 bits per heavy atom. The number of hydrogen-bond donors (Lipinski definition) is 2. The van der Waals surface area contributed by atoms with Gasteiger partial charge in [0.1, 0.15) is 5.41 Å². The maximum absolute atomic E-state index is 12.5. The first-order valence-corrected chi connectivity index (χ1v) is 8.11. The van der Waals surface area contributed by atoms with Gasteiger partial charge in [0, 0.05) is 25.5 Å². The quantitative estimate of drug-likeness (QED) is 0.800. The van der Waals surface area contributed by atoms with E-state index < -0.39 is 5.41 Å². The smallest absolute Gasteiger partial charge is 0.235 e. The Balaban J connectivity index is 1.54. The molecule has 0 unspecified atom stereocenters. The molecule has 1 heterocycles. The fraction of sp³-hybridized carbons (Fsp3) is 0.316. The van der Waals surface area contributed by atoms with Crippen LogP contribution in [0.1, 0.15) is 29.5 Å². The van der Waals surface area contributed by atoms with Crippen LogP contribution < -0.4 is 10.6 Å². The molecule has 1 saturated carbocycles. The van der Waals surface area contributed by atoms with Gasteiger partial charge >= 0.3 is 0 Å².